The highest BCUT2D eigenvalue weighted by atomic mass is 16.3. The van der Waals surface area contributed by atoms with Crippen LogP contribution in [0.1, 0.15) is 5.69 Å². The second-order valence-corrected chi connectivity index (χ2v) is 4.12. The monoisotopic (exact) mass is 252 g/mol. The third-order valence-electron chi connectivity index (χ3n) is 2.83. The van der Waals surface area contributed by atoms with Gasteiger partial charge in [-0.2, -0.15) is 0 Å². The standard InChI is InChI=1S/C14H12N4O/c19-12-2-1-10-3-6-16-14(13(10)7-12)17-8-11-4-5-15-9-18-11/h1-7,9,19H,8H2,(H,16,17). The first-order valence-electron chi connectivity index (χ1n) is 5.89. The Morgan fingerprint density at radius 3 is 2.84 bits per heavy atom. The first-order valence-corrected chi connectivity index (χ1v) is 5.89. The van der Waals surface area contributed by atoms with Gasteiger partial charge in [0.2, 0.25) is 0 Å². The average Bonchev–Trinajstić information content (AvgIpc) is 2.46. The van der Waals surface area contributed by atoms with E-state index in [1.54, 1.807) is 24.5 Å². The Morgan fingerprint density at radius 2 is 2.00 bits per heavy atom. The van der Waals surface area contributed by atoms with Crippen molar-refractivity contribution in [1.82, 2.24) is 15.0 Å². The number of aromatic nitrogens is 3. The molecule has 3 aromatic rings. The van der Waals surface area contributed by atoms with E-state index >= 15 is 0 Å². The van der Waals surface area contributed by atoms with Crippen molar-refractivity contribution in [3.8, 4) is 5.75 Å². The van der Waals surface area contributed by atoms with E-state index in [0.717, 1.165) is 22.3 Å². The molecule has 0 radical (unpaired) electrons. The van der Waals surface area contributed by atoms with E-state index in [9.17, 15) is 5.11 Å². The van der Waals surface area contributed by atoms with Gasteiger partial charge < -0.3 is 10.4 Å². The molecule has 0 unspecified atom stereocenters. The number of aromatic hydroxyl groups is 1. The van der Waals surface area contributed by atoms with Crippen molar-refractivity contribution in [3.63, 3.8) is 0 Å². The van der Waals surface area contributed by atoms with Crippen LogP contribution in [0.3, 0.4) is 0 Å². The van der Waals surface area contributed by atoms with E-state index in [2.05, 4.69) is 20.3 Å². The minimum atomic E-state index is 0.227. The third-order valence-corrected chi connectivity index (χ3v) is 2.83. The largest absolute Gasteiger partial charge is 0.508 e. The number of rotatable bonds is 3. The summed E-state index contributed by atoms with van der Waals surface area (Å²) in [6.45, 7) is 0.560. The predicted molar refractivity (Wildman–Crippen MR) is 72.8 cm³/mol. The lowest BCUT2D eigenvalue weighted by Crippen LogP contribution is -2.03. The lowest BCUT2D eigenvalue weighted by Gasteiger charge is -2.08. The van der Waals surface area contributed by atoms with E-state index in [4.69, 9.17) is 0 Å². The van der Waals surface area contributed by atoms with Crippen LogP contribution in [0.4, 0.5) is 5.82 Å². The Balaban J connectivity index is 1.90. The molecule has 2 heterocycles. The smallest absolute Gasteiger partial charge is 0.134 e. The summed E-state index contributed by atoms with van der Waals surface area (Å²) in [6, 6.07) is 8.98. The van der Waals surface area contributed by atoms with Crippen LogP contribution in [-0.4, -0.2) is 20.1 Å². The molecule has 3 rings (SSSR count). The van der Waals surface area contributed by atoms with Crippen molar-refractivity contribution in [2.45, 2.75) is 6.54 Å². The zero-order valence-electron chi connectivity index (χ0n) is 10.1. The van der Waals surface area contributed by atoms with E-state index in [-0.39, 0.29) is 5.75 Å². The highest BCUT2D eigenvalue weighted by molar-refractivity contribution is 5.92. The van der Waals surface area contributed by atoms with Gasteiger partial charge in [-0.1, -0.05) is 6.07 Å². The fraction of sp³-hybridized carbons (Fsp3) is 0.0714. The minimum absolute atomic E-state index is 0.227. The molecule has 0 aliphatic carbocycles. The molecule has 2 N–H and O–H groups in total. The molecular weight excluding hydrogens is 240 g/mol. The topological polar surface area (TPSA) is 70.9 Å². The number of nitrogens with zero attached hydrogens (tertiary/aromatic N) is 3. The number of phenolic OH excluding ortho intramolecular Hbond substituents is 1. The number of benzene rings is 1. The molecule has 5 nitrogen and oxygen atoms in total. The Morgan fingerprint density at radius 1 is 1.05 bits per heavy atom. The highest BCUT2D eigenvalue weighted by Crippen LogP contribution is 2.25. The van der Waals surface area contributed by atoms with E-state index in [0.29, 0.717) is 6.54 Å². The summed E-state index contributed by atoms with van der Waals surface area (Å²) in [5.74, 6) is 0.956. The van der Waals surface area contributed by atoms with Crippen LogP contribution in [-0.2, 0) is 6.54 Å². The number of phenols is 1. The van der Waals surface area contributed by atoms with Gasteiger partial charge in [0.1, 0.15) is 17.9 Å². The third kappa shape index (κ3) is 2.44. The van der Waals surface area contributed by atoms with Crippen molar-refractivity contribution in [1.29, 1.82) is 0 Å². The van der Waals surface area contributed by atoms with Crippen molar-refractivity contribution in [2.75, 3.05) is 5.32 Å². The van der Waals surface area contributed by atoms with Crippen LogP contribution in [0, 0.1) is 0 Å². The molecule has 1 aromatic carbocycles. The van der Waals surface area contributed by atoms with Crippen molar-refractivity contribution < 1.29 is 5.11 Å². The van der Waals surface area contributed by atoms with Gasteiger partial charge in [0.05, 0.1) is 12.2 Å². The first-order chi connectivity index (χ1) is 9.33. The normalized spacial score (nSPS) is 10.5. The maximum absolute atomic E-state index is 9.56. The van der Waals surface area contributed by atoms with Gasteiger partial charge in [0.25, 0.3) is 0 Å². The summed E-state index contributed by atoms with van der Waals surface area (Å²) in [4.78, 5) is 12.3. The Hall–Kier alpha value is -2.69. The van der Waals surface area contributed by atoms with Crippen LogP contribution in [0.15, 0.2) is 49.1 Å². The molecule has 0 bridgehead atoms. The summed E-state index contributed by atoms with van der Waals surface area (Å²) in [6.07, 6.45) is 4.95. The quantitative estimate of drug-likeness (QED) is 0.748. The molecular formula is C14H12N4O. The van der Waals surface area contributed by atoms with Gasteiger partial charge in [0.15, 0.2) is 0 Å². The zero-order valence-corrected chi connectivity index (χ0v) is 10.1. The summed E-state index contributed by atoms with van der Waals surface area (Å²) in [5, 5.41) is 14.7. The summed E-state index contributed by atoms with van der Waals surface area (Å²) >= 11 is 0. The summed E-state index contributed by atoms with van der Waals surface area (Å²) in [5.41, 5.74) is 0.883. The van der Waals surface area contributed by atoms with Crippen LogP contribution in [0.5, 0.6) is 5.75 Å². The number of pyridine rings is 1. The van der Waals surface area contributed by atoms with Crippen LogP contribution >= 0.6 is 0 Å². The van der Waals surface area contributed by atoms with Gasteiger partial charge in [0, 0.05) is 17.8 Å². The highest BCUT2D eigenvalue weighted by Gasteiger charge is 2.03. The molecule has 0 saturated carbocycles. The predicted octanol–water partition coefficient (Wildman–Crippen LogP) is 2.34. The molecule has 94 valence electrons. The molecule has 0 spiro atoms. The molecule has 5 heteroatoms. The average molecular weight is 252 g/mol. The second kappa shape index (κ2) is 4.89. The van der Waals surface area contributed by atoms with Crippen molar-refractivity contribution >= 4 is 16.6 Å². The van der Waals surface area contributed by atoms with Gasteiger partial charge in [-0.15, -0.1) is 0 Å². The molecule has 0 amide bonds. The number of hydrogen-bond donors (Lipinski definition) is 2. The molecule has 0 fully saturated rings. The van der Waals surface area contributed by atoms with Gasteiger partial charge in [-0.05, 0) is 29.7 Å². The number of fused-ring (bicyclic) bond motifs is 1. The van der Waals surface area contributed by atoms with E-state index in [1.807, 2.05) is 18.2 Å². The van der Waals surface area contributed by atoms with Gasteiger partial charge in [-0.3, -0.25) is 0 Å². The molecule has 19 heavy (non-hydrogen) atoms. The second-order valence-electron chi connectivity index (χ2n) is 4.12. The lowest BCUT2D eigenvalue weighted by molar-refractivity contribution is 0.476. The Labute approximate surface area is 110 Å². The van der Waals surface area contributed by atoms with E-state index in [1.165, 1.54) is 6.33 Å². The van der Waals surface area contributed by atoms with Gasteiger partial charge in [-0.25, -0.2) is 15.0 Å². The van der Waals surface area contributed by atoms with Crippen LogP contribution < -0.4 is 5.32 Å². The fourth-order valence-corrected chi connectivity index (χ4v) is 1.89. The molecule has 0 saturated heterocycles. The molecule has 0 aliphatic rings. The number of hydrogen-bond acceptors (Lipinski definition) is 5. The maximum atomic E-state index is 9.56. The molecule has 0 aliphatic heterocycles. The SMILES string of the molecule is Oc1ccc2ccnc(NCc3ccncn3)c2c1. The minimum Gasteiger partial charge on any atom is -0.508 e. The molecule has 2 aromatic heterocycles. The van der Waals surface area contributed by atoms with Crippen molar-refractivity contribution in [3.05, 3.63) is 54.7 Å². The number of nitrogens with one attached hydrogen (secondary N) is 1. The van der Waals surface area contributed by atoms with E-state index < -0.39 is 0 Å². The fourth-order valence-electron chi connectivity index (χ4n) is 1.89. The zero-order chi connectivity index (χ0) is 13.1. The molecule has 0 atom stereocenters. The summed E-state index contributed by atoms with van der Waals surface area (Å²) < 4.78 is 0. The van der Waals surface area contributed by atoms with Crippen LogP contribution in [0.2, 0.25) is 0 Å². The van der Waals surface area contributed by atoms with Crippen LogP contribution in [0.25, 0.3) is 10.8 Å². The summed E-state index contributed by atoms with van der Waals surface area (Å²) in [7, 11) is 0. The Kier molecular flexibility index (Phi) is 2.94. The number of anilines is 1. The Bertz CT molecular complexity index is 700. The van der Waals surface area contributed by atoms with Crippen molar-refractivity contribution in [2.24, 2.45) is 0 Å². The van der Waals surface area contributed by atoms with Gasteiger partial charge >= 0.3 is 0 Å². The lowest BCUT2D eigenvalue weighted by atomic mass is 10.1. The first kappa shape index (κ1) is 11.4. The maximum Gasteiger partial charge on any atom is 0.134 e.